The highest BCUT2D eigenvalue weighted by Gasteiger charge is 2.23. The van der Waals surface area contributed by atoms with Gasteiger partial charge in [0.1, 0.15) is 11.6 Å². The van der Waals surface area contributed by atoms with Crippen LogP contribution in [0.4, 0.5) is 9.18 Å². The Morgan fingerprint density at radius 2 is 2.12 bits per heavy atom. The fraction of sp³-hybridized carbons (Fsp3) is 0.273. The smallest absolute Gasteiger partial charge is 0.409 e. The molecule has 0 saturated heterocycles. The summed E-state index contributed by atoms with van der Waals surface area (Å²) in [5, 5.41) is 0. The lowest BCUT2D eigenvalue weighted by atomic mass is 10.0. The number of fused-ring (bicyclic) bond motifs is 1. The van der Waals surface area contributed by atoms with E-state index in [9.17, 15) is 14.0 Å². The van der Waals surface area contributed by atoms with Crippen LogP contribution in [0.5, 0.6) is 5.75 Å². The maximum atomic E-state index is 13.6. The van der Waals surface area contributed by atoms with Crippen LogP contribution in [0.3, 0.4) is 0 Å². The van der Waals surface area contributed by atoms with E-state index in [4.69, 9.17) is 5.73 Å². The Hall–Kier alpha value is -1.91. The molecule has 0 radical (unpaired) electrons. The van der Waals surface area contributed by atoms with Crippen LogP contribution in [0, 0.1) is 5.82 Å². The maximum Gasteiger partial charge on any atom is 0.409 e. The molecule has 0 aromatic heterocycles. The number of carbonyl (C=O) groups is 2. The number of amides is 1. The molecule has 1 aliphatic rings. The van der Waals surface area contributed by atoms with Crippen LogP contribution in [0.1, 0.15) is 27.9 Å². The number of hydrogen-bond donors (Lipinski definition) is 1. The van der Waals surface area contributed by atoms with Crippen LogP contribution in [-0.4, -0.2) is 12.4 Å². The molecule has 0 heterocycles. The molecule has 0 unspecified atom stereocenters. The predicted octanol–water partition coefficient (Wildman–Crippen LogP) is 1.58. The number of rotatable bonds is 2. The van der Waals surface area contributed by atoms with Gasteiger partial charge in [0.25, 0.3) is 0 Å². The van der Waals surface area contributed by atoms with Crippen molar-refractivity contribution in [3.05, 3.63) is 28.6 Å². The second-order valence-corrected chi connectivity index (χ2v) is 3.62. The van der Waals surface area contributed by atoms with Crippen LogP contribution < -0.4 is 10.5 Å². The summed E-state index contributed by atoms with van der Waals surface area (Å²) in [5.41, 5.74) is 6.24. The number of nitrogens with two attached hydrogens (primary N) is 1. The van der Waals surface area contributed by atoms with Crippen molar-refractivity contribution in [3.8, 4) is 5.75 Å². The Bertz CT molecular complexity index is 471. The molecule has 0 fully saturated rings. The van der Waals surface area contributed by atoms with Gasteiger partial charge in [-0.2, -0.15) is 0 Å². The number of aldehydes is 1. The van der Waals surface area contributed by atoms with Crippen LogP contribution in [-0.2, 0) is 12.8 Å². The first kappa shape index (κ1) is 10.6. The van der Waals surface area contributed by atoms with Crippen molar-refractivity contribution in [2.45, 2.75) is 19.3 Å². The molecule has 1 aromatic rings. The molecule has 1 aromatic carbocycles. The highest BCUT2D eigenvalue weighted by Crippen LogP contribution is 2.33. The number of hydrogen-bond acceptors (Lipinski definition) is 3. The molecule has 1 aliphatic carbocycles. The highest BCUT2D eigenvalue weighted by atomic mass is 19.1. The quantitative estimate of drug-likeness (QED) is 0.774. The van der Waals surface area contributed by atoms with E-state index < -0.39 is 11.9 Å². The Balaban J connectivity index is 2.57. The molecule has 2 N–H and O–H groups in total. The largest absolute Gasteiger partial charge is 0.410 e. The molecule has 0 saturated carbocycles. The highest BCUT2D eigenvalue weighted by molar-refractivity contribution is 5.84. The maximum absolute atomic E-state index is 13.6. The zero-order chi connectivity index (χ0) is 11.7. The Morgan fingerprint density at radius 1 is 1.44 bits per heavy atom. The SMILES string of the molecule is NC(=O)Oc1cc(F)c2c(c1C=O)CCC2. The van der Waals surface area contributed by atoms with E-state index in [-0.39, 0.29) is 11.3 Å². The topological polar surface area (TPSA) is 69.4 Å². The van der Waals surface area contributed by atoms with Crippen LogP contribution in [0.15, 0.2) is 6.07 Å². The van der Waals surface area contributed by atoms with Crippen molar-refractivity contribution in [1.82, 2.24) is 0 Å². The second-order valence-electron chi connectivity index (χ2n) is 3.62. The summed E-state index contributed by atoms with van der Waals surface area (Å²) >= 11 is 0. The monoisotopic (exact) mass is 223 g/mol. The zero-order valence-corrected chi connectivity index (χ0v) is 8.46. The number of benzene rings is 1. The van der Waals surface area contributed by atoms with E-state index in [1.54, 1.807) is 0 Å². The van der Waals surface area contributed by atoms with Crippen molar-refractivity contribution >= 4 is 12.4 Å². The summed E-state index contributed by atoms with van der Waals surface area (Å²) in [6, 6.07) is 1.04. The molecule has 84 valence electrons. The number of halogens is 1. The molecule has 1 amide bonds. The lowest BCUT2D eigenvalue weighted by molar-refractivity contribution is 0.112. The van der Waals surface area contributed by atoms with Crippen LogP contribution in [0.2, 0.25) is 0 Å². The molecule has 4 nitrogen and oxygen atoms in total. The van der Waals surface area contributed by atoms with Crippen molar-refractivity contribution in [1.29, 1.82) is 0 Å². The standard InChI is InChI=1S/C11H10FNO3/c12-9-4-10(16-11(13)15)8(5-14)6-2-1-3-7(6)9/h4-5H,1-3H2,(H2,13,15). The summed E-state index contributed by atoms with van der Waals surface area (Å²) in [4.78, 5) is 21.5. The number of primary amides is 1. The molecule has 0 spiro atoms. The fourth-order valence-electron chi connectivity index (χ4n) is 2.06. The summed E-state index contributed by atoms with van der Waals surface area (Å²) in [5.74, 6) is -0.546. The fourth-order valence-corrected chi connectivity index (χ4v) is 2.06. The van der Waals surface area contributed by atoms with Gasteiger partial charge in [-0.25, -0.2) is 9.18 Å². The summed E-state index contributed by atoms with van der Waals surface area (Å²) in [7, 11) is 0. The van der Waals surface area contributed by atoms with E-state index in [0.29, 0.717) is 30.3 Å². The van der Waals surface area contributed by atoms with E-state index in [1.165, 1.54) is 0 Å². The van der Waals surface area contributed by atoms with Crippen molar-refractivity contribution in [2.24, 2.45) is 5.73 Å². The third kappa shape index (κ3) is 1.64. The zero-order valence-electron chi connectivity index (χ0n) is 8.46. The van der Waals surface area contributed by atoms with Gasteiger partial charge in [0.05, 0.1) is 5.56 Å². The molecule has 0 bridgehead atoms. The molecule has 5 heteroatoms. The minimum absolute atomic E-state index is 0.0966. The Kier molecular flexibility index (Phi) is 2.60. The van der Waals surface area contributed by atoms with Gasteiger partial charge in [0.2, 0.25) is 0 Å². The first-order valence-electron chi connectivity index (χ1n) is 4.90. The van der Waals surface area contributed by atoms with Gasteiger partial charge < -0.3 is 10.5 Å². The van der Waals surface area contributed by atoms with Crippen molar-refractivity contribution < 1.29 is 18.7 Å². The molecular formula is C11H10FNO3. The van der Waals surface area contributed by atoms with Crippen LogP contribution in [0.25, 0.3) is 0 Å². The van der Waals surface area contributed by atoms with Crippen molar-refractivity contribution in [2.75, 3.05) is 0 Å². The van der Waals surface area contributed by atoms with E-state index in [2.05, 4.69) is 4.74 Å². The van der Waals surface area contributed by atoms with Crippen LogP contribution >= 0.6 is 0 Å². The second kappa shape index (κ2) is 3.92. The van der Waals surface area contributed by atoms with Gasteiger partial charge in [-0.15, -0.1) is 0 Å². The third-order valence-corrected chi connectivity index (χ3v) is 2.68. The number of ether oxygens (including phenoxy) is 1. The van der Waals surface area contributed by atoms with Gasteiger partial charge in [-0.05, 0) is 30.4 Å². The number of carbonyl (C=O) groups excluding carboxylic acids is 2. The normalized spacial score (nSPS) is 13.3. The Morgan fingerprint density at radius 3 is 2.75 bits per heavy atom. The summed E-state index contributed by atoms with van der Waals surface area (Å²) in [6.45, 7) is 0. The summed E-state index contributed by atoms with van der Waals surface area (Å²) < 4.78 is 18.2. The first-order valence-corrected chi connectivity index (χ1v) is 4.90. The average molecular weight is 223 g/mol. The minimum atomic E-state index is -1.06. The molecule has 0 atom stereocenters. The lowest BCUT2D eigenvalue weighted by Gasteiger charge is -2.09. The molecule has 2 rings (SSSR count). The van der Waals surface area contributed by atoms with Gasteiger partial charge in [-0.3, -0.25) is 4.79 Å². The first-order chi connectivity index (χ1) is 7.63. The summed E-state index contributed by atoms with van der Waals surface area (Å²) in [6.07, 6.45) is 1.55. The minimum Gasteiger partial charge on any atom is -0.410 e. The van der Waals surface area contributed by atoms with Crippen molar-refractivity contribution in [3.63, 3.8) is 0 Å². The average Bonchev–Trinajstić information content (AvgIpc) is 2.66. The predicted molar refractivity (Wildman–Crippen MR) is 54.0 cm³/mol. The van der Waals surface area contributed by atoms with Gasteiger partial charge in [-0.1, -0.05) is 0 Å². The lowest BCUT2D eigenvalue weighted by Crippen LogP contribution is -2.18. The van der Waals surface area contributed by atoms with Gasteiger partial charge in [0, 0.05) is 6.07 Å². The van der Waals surface area contributed by atoms with Gasteiger partial charge >= 0.3 is 6.09 Å². The van der Waals surface area contributed by atoms with E-state index >= 15 is 0 Å². The Labute approximate surface area is 91.2 Å². The van der Waals surface area contributed by atoms with E-state index in [1.807, 2.05) is 0 Å². The molecular weight excluding hydrogens is 213 g/mol. The molecule has 0 aliphatic heterocycles. The van der Waals surface area contributed by atoms with Gasteiger partial charge in [0.15, 0.2) is 6.29 Å². The molecule has 16 heavy (non-hydrogen) atoms. The third-order valence-electron chi connectivity index (χ3n) is 2.68. The van der Waals surface area contributed by atoms with E-state index in [0.717, 1.165) is 12.5 Å².